The first kappa shape index (κ1) is 6.27. The highest BCUT2D eigenvalue weighted by Gasteiger charge is 1.99. The van der Waals surface area contributed by atoms with E-state index in [2.05, 4.69) is 15.3 Å². The monoisotopic (exact) mass is 148 g/mol. The zero-order valence-corrected chi connectivity index (χ0v) is 6.44. The van der Waals surface area contributed by atoms with E-state index in [1.165, 1.54) is 0 Å². The smallest absolute Gasteiger partial charge is 0.175 e. The molecule has 11 heavy (non-hydrogen) atoms. The Labute approximate surface area is 63.9 Å². The van der Waals surface area contributed by atoms with Crippen molar-refractivity contribution in [3.63, 3.8) is 0 Å². The second-order valence-corrected chi connectivity index (χ2v) is 2.54. The van der Waals surface area contributed by atoms with Gasteiger partial charge in [-0.05, 0) is 19.9 Å². The Balaban J connectivity index is 2.91. The van der Waals surface area contributed by atoms with Crippen LogP contribution in [-0.4, -0.2) is 19.8 Å². The minimum atomic E-state index is 0.808. The molecule has 2 aromatic heterocycles. The van der Waals surface area contributed by atoms with Crippen molar-refractivity contribution in [3.05, 3.63) is 23.7 Å². The van der Waals surface area contributed by atoms with Gasteiger partial charge in [0.2, 0.25) is 0 Å². The van der Waals surface area contributed by atoms with Gasteiger partial charge in [-0.1, -0.05) is 5.21 Å². The molecule has 0 amide bonds. The maximum Gasteiger partial charge on any atom is 0.175 e. The molecule has 2 heterocycles. The molecule has 2 aromatic rings. The summed E-state index contributed by atoms with van der Waals surface area (Å²) in [6, 6.07) is 1.97. The molecule has 56 valence electrons. The summed E-state index contributed by atoms with van der Waals surface area (Å²) in [6.07, 6.45) is 1.65. The molecular weight excluding hydrogens is 140 g/mol. The van der Waals surface area contributed by atoms with Crippen LogP contribution in [0.2, 0.25) is 0 Å². The van der Waals surface area contributed by atoms with E-state index in [0.717, 1.165) is 17.0 Å². The van der Waals surface area contributed by atoms with Crippen LogP contribution >= 0.6 is 0 Å². The number of hydrogen-bond acceptors (Lipinski definition) is 3. The highest BCUT2D eigenvalue weighted by atomic mass is 15.4. The minimum Gasteiger partial charge on any atom is -0.232 e. The zero-order valence-electron chi connectivity index (χ0n) is 6.44. The summed E-state index contributed by atoms with van der Waals surface area (Å²) in [5.74, 6) is 0. The van der Waals surface area contributed by atoms with Gasteiger partial charge in [0.1, 0.15) is 0 Å². The second kappa shape index (κ2) is 2.02. The lowest BCUT2D eigenvalue weighted by Crippen LogP contribution is -1.96. The molecule has 0 saturated carbocycles. The van der Waals surface area contributed by atoms with Gasteiger partial charge in [-0.25, -0.2) is 4.98 Å². The predicted molar refractivity (Wildman–Crippen MR) is 40.3 cm³/mol. The minimum absolute atomic E-state index is 0.808. The number of nitrogens with zero attached hydrogens (tertiary/aromatic N) is 4. The normalized spacial score (nSPS) is 10.7. The summed E-state index contributed by atoms with van der Waals surface area (Å²) < 4.78 is 1.72. The van der Waals surface area contributed by atoms with E-state index in [1.807, 2.05) is 19.9 Å². The molecular formula is C7H8N4. The summed E-state index contributed by atoms with van der Waals surface area (Å²) in [4.78, 5) is 4.23. The van der Waals surface area contributed by atoms with E-state index in [9.17, 15) is 0 Å². The third kappa shape index (κ3) is 0.869. The third-order valence-electron chi connectivity index (χ3n) is 1.57. The Kier molecular flexibility index (Phi) is 1.15. The average Bonchev–Trinajstić information content (AvgIpc) is 2.34. The standard InChI is InChI=1S/C7H8N4/c1-5-3-6(2)11-7(9-5)4-8-10-11/h3-4H,1-2H3. The van der Waals surface area contributed by atoms with Crippen LogP contribution in [0, 0.1) is 13.8 Å². The molecule has 0 spiro atoms. The van der Waals surface area contributed by atoms with Gasteiger partial charge in [0.05, 0.1) is 6.20 Å². The van der Waals surface area contributed by atoms with Gasteiger partial charge in [0.25, 0.3) is 0 Å². The van der Waals surface area contributed by atoms with E-state index in [1.54, 1.807) is 10.7 Å². The molecule has 0 bridgehead atoms. The van der Waals surface area contributed by atoms with Crippen molar-refractivity contribution in [2.24, 2.45) is 0 Å². The molecule has 0 saturated heterocycles. The summed E-state index contributed by atoms with van der Waals surface area (Å²) >= 11 is 0. The number of fused-ring (bicyclic) bond motifs is 1. The van der Waals surface area contributed by atoms with Gasteiger partial charge in [0, 0.05) is 11.4 Å². The van der Waals surface area contributed by atoms with Crippen LogP contribution in [0.15, 0.2) is 12.3 Å². The highest BCUT2D eigenvalue weighted by Crippen LogP contribution is 2.02. The van der Waals surface area contributed by atoms with Crippen LogP contribution in [-0.2, 0) is 0 Å². The fraction of sp³-hybridized carbons (Fsp3) is 0.286. The topological polar surface area (TPSA) is 43.1 Å². The largest absolute Gasteiger partial charge is 0.232 e. The molecule has 4 nitrogen and oxygen atoms in total. The Hall–Kier alpha value is -1.45. The van der Waals surface area contributed by atoms with E-state index >= 15 is 0 Å². The zero-order chi connectivity index (χ0) is 7.84. The van der Waals surface area contributed by atoms with E-state index < -0.39 is 0 Å². The average molecular weight is 148 g/mol. The fourth-order valence-electron chi connectivity index (χ4n) is 1.13. The van der Waals surface area contributed by atoms with E-state index in [0.29, 0.717) is 0 Å². The molecule has 0 atom stereocenters. The molecule has 0 aromatic carbocycles. The molecule has 2 rings (SSSR count). The predicted octanol–water partition coefficient (Wildman–Crippen LogP) is 0.741. The molecule has 0 fully saturated rings. The van der Waals surface area contributed by atoms with Crippen LogP contribution in [0.5, 0.6) is 0 Å². The van der Waals surface area contributed by atoms with Crippen molar-refractivity contribution >= 4 is 5.65 Å². The van der Waals surface area contributed by atoms with Gasteiger partial charge < -0.3 is 0 Å². The van der Waals surface area contributed by atoms with Gasteiger partial charge >= 0.3 is 0 Å². The lowest BCUT2D eigenvalue weighted by molar-refractivity contribution is 0.814. The van der Waals surface area contributed by atoms with Gasteiger partial charge in [-0.2, -0.15) is 4.52 Å². The number of aromatic nitrogens is 4. The molecule has 0 aliphatic heterocycles. The fourth-order valence-corrected chi connectivity index (χ4v) is 1.13. The van der Waals surface area contributed by atoms with Crippen molar-refractivity contribution in [2.75, 3.05) is 0 Å². The lowest BCUT2D eigenvalue weighted by atomic mass is 10.3. The number of hydrogen-bond donors (Lipinski definition) is 0. The molecule has 0 aliphatic rings. The second-order valence-electron chi connectivity index (χ2n) is 2.54. The maximum absolute atomic E-state index is 4.23. The molecule has 0 radical (unpaired) electrons. The highest BCUT2D eigenvalue weighted by molar-refractivity contribution is 5.35. The Bertz CT molecular complexity index is 390. The van der Waals surface area contributed by atoms with Gasteiger partial charge in [-0.3, -0.25) is 0 Å². The summed E-state index contributed by atoms with van der Waals surface area (Å²) in [7, 11) is 0. The van der Waals surface area contributed by atoms with Crippen LogP contribution in [0.25, 0.3) is 5.65 Å². The number of rotatable bonds is 0. The maximum atomic E-state index is 4.23. The summed E-state index contributed by atoms with van der Waals surface area (Å²) in [5, 5.41) is 7.62. The third-order valence-corrected chi connectivity index (χ3v) is 1.57. The van der Waals surface area contributed by atoms with Crippen LogP contribution < -0.4 is 0 Å². The van der Waals surface area contributed by atoms with Crippen LogP contribution in [0.3, 0.4) is 0 Å². The Morgan fingerprint density at radius 2 is 2.18 bits per heavy atom. The lowest BCUT2D eigenvalue weighted by Gasteiger charge is -1.97. The quantitative estimate of drug-likeness (QED) is 0.553. The molecule has 0 N–H and O–H groups in total. The van der Waals surface area contributed by atoms with Crippen molar-refractivity contribution in [1.29, 1.82) is 0 Å². The summed E-state index contributed by atoms with van der Waals surface area (Å²) in [5.41, 5.74) is 2.87. The van der Waals surface area contributed by atoms with Crippen LogP contribution in [0.1, 0.15) is 11.4 Å². The van der Waals surface area contributed by atoms with Crippen molar-refractivity contribution < 1.29 is 0 Å². The van der Waals surface area contributed by atoms with Crippen molar-refractivity contribution in [2.45, 2.75) is 13.8 Å². The molecule has 4 heteroatoms. The number of aryl methyl sites for hydroxylation is 2. The molecule has 0 aliphatic carbocycles. The van der Waals surface area contributed by atoms with E-state index in [-0.39, 0.29) is 0 Å². The molecule has 0 unspecified atom stereocenters. The van der Waals surface area contributed by atoms with Crippen LogP contribution in [0.4, 0.5) is 0 Å². The van der Waals surface area contributed by atoms with Gasteiger partial charge in [0.15, 0.2) is 5.65 Å². The first-order valence-corrected chi connectivity index (χ1v) is 3.42. The van der Waals surface area contributed by atoms with E-state index in [4.69, 9.17) is 0 Å². The Morgan fingerprint density at radius 1 is 1.36 bits per heavy atom. The van der Waals surface area contributed by atoms with Crippen molar-refractivity contribution in [1.82, 2.24) is 19.8 Å². The Morgan fingerprint density at radius 3 is 3.00 bits per heavy atom. The van der Waals surface area contributed by atoms with Crippen molar-refractivity contribution in [3.8, 4) is 0 Å². The first-order chi connectivity index (χ1) is 5.27. The first-order valence-electron chi connectivity index (χ1n) is 3.42. The SMILES string of the molecule is Cc1cc(C)n2nncc2n1. The summed E-state index contributed by atoms with van der Waals surface area (Å²) in [6.45, 7) is 3.94. The van der Waals surface area contributed by atoms with Gasteiger partial charge in [-0.15, -0.1) is 5.10 Å².